The molecule has 3 N–H and O–H groups in total. The van der Waals surface area contributed by atoms with Gasteiger partial charge in [0.25, 0.3) is 0 Å². The first-order chi connectivity index (χ1) is 10.6. The Labute approximate surface area is 134 Å². The van der Waals surface area contributed by atoms with Crippen molar-refractivity contribution in [3.05, 3.63) is 46.2 Å². The van der Waals surface area contributed by atoms with E-state index >= 15 is 0 Å². The quantitative estimate of drug-likeness (QED) is 0.586. The summed E-state index contributed by atoms with van der Waals surface area (Å²) >= 11 is 1.70. The highest BCUT2D eigenvalue weighted by molar-refractivity contribution is 7.10. The fourth-order valence-electron chi connectivity index (χ4n) is 2.02. The van der Waals surface area contributed by atoms with Gasteiger partial charge in [0, 0.05) is 24.0 Å². The zero-order valence-corrected chi connectivity index (χ0v) is 13.8. The molecule has 0 aliphatic rings. The third-order valence-corrected chi connectivity index (χ3v) is 4.33. The molecule has 1 heterocycles. The summed E-state index contributed by atoms with van der Waals surface area (Å²) in [7, 11) is 3.33. The number of benzene rings is 1. The number of thiophene rings is 1. The molecule has 1 aromatic carbocycles. The highest BCUT2D eigenvalue weighted by atomic mass is 32.1. The van der Waals surface area contributed by atoms with Gasteiger partial charge in [-0.25, -0.2) is 0 Å². The van der Waals surface area contributed by atoms with Crippen LogP contribution in [0.4, 0.5) is 0 Å². The molecule has 22 heavy (non-hydrogen) atoms. The van der Waals surface area contributed by atoms with Gasteiger partial charge in [0.05, 0.1) is 13.2 Å². The average Bonchev–Trinajstić information content (AvgIpc) is 3.07. The lowest BCUT2D eigenvalue weighted by atomic mass is 10.2. The van der Waals surface area contributed by atoms with E-state index in [4.69, 9.17) is 4.74 Å². The number of ether oxygens (including phenoxy) is 1. The number of nitrogens with zero attached hydrogens (tertiary/aromatic N) is 1. The summed E-state index contributed by atoms with van der Waals surface area (Å²) in [5, 5.41) is 18.5. The molecule has 0 aliphatic heterocycles. The summed E-state index contributed by atoms with van der Waals surface area (Å²) in [5.41, 5.74) is 0.756. The Kier molecular flexibility index (Phi) is 5.66. The van der Waals surface area contributed by atoms with E-state index in [1.165, 1.54) is 4.88 Å². The SMILES string of the molecule is CN=C(NCc1cc(OC)ccc1O)NC(C)c1cccs1. The highest BCUT2D eigenvalue weighted by Gasteiger charge is 2.09. The zero-order valence-electron chi connectivity index (χ0n) is 13.0. The monoisotopic (exact) mass is 319 g/mol. The minimum absolute atomic E-state index is 0.171. The predicted octanol–water partition coefficient (Wildman–Crippen LogP) is 2.89. The summed E-state index contributed by atoms with van der Waals surface area (Å²) in [6.45, 7) is 2.54. The molecule has 0 spiro atoms. The van der Waals surface area contributed by atoms with Gasteiger partial charge in [-0.05, 0) is 36.6 Å². The minimum Gasteiger partial charge on any atom is -0.508 e. The van der Waals surface area contributed by atoms with Crippen LogP contribution in [0.3, 0.4) is 0 Å². The molecule has 0 amide bonds. The standard InChI is InChI=1S/C16H21N3O2S/c1-11(15-5-4-8-22-15)19-16(17-2)18-10-12-9-13(21-3)6-7-14(12)20/h4-9,11,20H,10H2,1-3H3,(H2,17,18,19). The maximum Gasteiger partial charge on any atom is 0.191 e. The van der Waals surface area contributed by atoms with Gasteiger partial charge in [0.1, 0.15) is 11.5 Å². The molecule has 2 aromatic rings. The van der Waals surface area contributed by atoms with E-state index < -0.39 is 0 Å². The van der Waals surface area contributed by atoms with Gasteiger partial charge in [-0.3, -0.25) is 4.99 Å². The fraction of sp³-hybridized carbons (Fsp3) is 0.312. The van der Waals surface area contributed by atoms with E-state index in [0.29, 0.717) is 18.3 Å². The van der Waals surface area contributed by atoms with Crippen molar-refractivity contribution >= 4 is 17.3 Å². The summed E-state index contributed by atoms with van der Waals surface area (Å²) < 4.78 is 5.17. The van der Waals surface area contributed by atoms with E-state index in [1.54, 1.807) is 43.7 Å². The maximum atomic E-state index is 9.89. The number of hydrogen-bond donors (Lipinski definition) is 3. The van der Waals surface area contributed by atoms with Gasteiger partial charge in [-0.2, -0.15) is 0 Å². The average molecular weight is 319 g/mol. The number of hydrogen-bond acceptors (Lipinski definition) is 4. The number of guanidine groups is 1. The first-order valence-electron chi connectivity index (χ1n) is 7.00. The topological polar surface area (TPSA) is 65.9 Å². The summed E-state index contributed by atoms with van der Waals surface area (Å²) in [6.07, 6.45) is 0. The molecule has 1 aromatic heterocycles. The fourth-order valence-corrected chi connectivity index (χ4v) is 2.75. The van der Waals surface area contributed by atoms with Crippen molar-refractivity contribution in [1.29, 1.82) is 0 Å². The maximum absolute atomic E-state index is 9.89. The first-order valence-corrected chi connectivity index (χ1v) is 7.88. The molecule has 0 saturated carbocycles. The Hall–Kier alpha value is -2.21. The lowest BCUT2D eigenvalue weighted by Gasteiger charge is -2.17. The van der Waals surface area contributed by atoms with Crippen LogP contribution in [0.5, 0.6) is 11.5 Å². The van der Waals surface area contributed by atoms with Gasteiger partial charge in [-0.1, -0.05) is 6.07 Å². The number of aliphatic imine (C=N–C) groups is 1. The van der Waals surface area contributed by atoms with Crippen molar-refractivity contribution in [2.24, 2.45) is 4.99 Å². The molecule has 1 atom stereocenters. The number of rotatable bonds is 5. The van der Waals surface area contributed by atoms with Gasteiger partial charge >= 0.3 is 0 Å². The van der Waals surface area contributed by atoms with Crippen LogP contribution in [0.25, 0.3) is 0 Å². The Morgan fingerprint density at radius 2 is 2.23 bits per heavy atom. The van der Waals surface area contributed by atoms with Crippen molar-refractivity contribution in [3.8, 4) is 11.5 Å². The summed E-state index contributed by atoms with van der Waals surface area (Å²) in [5.74, 6) is 1.63. The number of phenolic OH excluding ortho intramolecular Hbond substituents is 1. The molecule has 0 saturated heterocycles. The van der Waals surface area contributed by atoms with Crippen LogP contribution in [0.15, 0.2) is 40.7 Å². The number of aromatic hydroxyl groups is 1. The van der Waals surface area contributed by atoms with E-state index in [1.807, 2.05) is 6.07 Å². The van der Waals surface area contributed by atoms with Crippen LogP contribution in [0.1, 0.15) is 23.4 Å². The Morgan fingerprint density at radius 3 is 2.86 bits per heavy atom. The summed E-state index contributed by atoms with van der Waals surface area (Å²) in [4.78, 5) is 5.45. The van der Waals surface area contributed by atoms with Gasteiger partial charge in [0.2, 0.25) is 0 Å². The number of methoxy groups -OCH3 is 1. The lowest BCUT2D eigenvalue weighted by molar-refractivity contribution is 0.410. The van der Waals surface area contributed by atoms with E-state index in [-0.39, 0.29) is 11.8 Å². The largest absolute Gasteiger partial charge is 0.508 e. The molecule has 1 unspecified atom stereocenters. The van der Waals surface area contributed by atoms with Crippen LogP contribution in [0.2, 0.25) is 0 Å². The normalized spacial score (nSPS) is 12.8. The molecule has 0 radical (unpaired) electrons. The van der Waals surface area contributed by atoms with Gasteiger partial charge in [0.15, 0.2) is 5.96 Å². The third kappa shape index (κ3) is 4.14. The third-order valence-electron chi connectivity index (χ3n) is 3.28. The molecule has 0 aliphatic carbocycles. The lowest BCUT2D eigenvalue weighted by Crippen LogP contribution is -2.38. The predicted molar refractivity (Wildman–Crippen MR) is 90.7 cm³/mol. The van der Waals surface area contributed by atoms with E-state index in [0.717, 1.165) is 5.56 Å². The minimum atomic E-state index is 0.171. The molecular formula is C16H21N3O2S. The van der Waals surface area contributed by atoms with Crippen LogP contribution in [-0.4, -0.2) is 25.2 Å². The Balaban J connectivity index is 1.97. The van der Waals surface area contributed by atoms with E-state index in [9.17, 15) is 5.11 Å². The van der Waals surface area contributed by atoms with Crippen LogP contribution in [0, 0.1) is 0 Å². The van der Waals surface area contributed by atoms with Crippen molar-refractivity contribution in [2.45, 2.75) is 19.5 Å². The molecule has 118 valence electrons. The van der Waals surface area contributed by atoms with Crippen molar-refractivity contribution in [3.63, 3.8) is 0 Å². The molecular weight excluding hydrogens is 298 g/mol. The number of phenols is 1. The van der Waals surface area contributed by atoms with E-state index in [2.05, 4.69) is 34.0 Å². The van der Waals surface area contributed by atoms with Gasteiger partial charge < -0.3 is 20.5 Å². The second kappa shape index (κ2) is 7.70. The molecule has 2 rings (SSSR count). The Morgan fingerprint density at radius 1 is 1.41 bits per heavy atom. The summed E-state index contributed by atoms with van der Waals surface area (Å²) in [6, 6.07) is 9.44. The molecule has 5 nitrogen and oxygen atoms in total. The second-order valence-corrected chi connectivity index (χ2v) is 5.78. The Bertz CT molecular complexity index is 626. The van der Waals surface area contributed by atoms with Crippen LogP contribution < -0.4 is 15.4 Å². The second-order valence-electron chi connectivity index (χ2n) is 4.80. The van der Waals surface area contributed by atoms with Crippen molar-refractivity contribution in [2.75, 3.05) is 14.2 Å². The van der Waals surface area contributed by atoms with Crippen LogP contribution >= 0.6 is 11.3 Å². The van der Waals surface area contributed by atoms with Crippen molar-refractivity contribution < 1.29 is 9.84 Å². The molecule has 0 bridgehead atoms. The number of nitrogens with one attached hydrogen (secondary N) is 2. The smallest absolute Gasteiger partial charge is 0.191 e. The van der Waals surface area contributed by atoms with Crippen LogP contribution in [-0.2, 0) is 6.54 Å². The first kappa shape index (κ1) is 16.2. The molecule has 0 fully saturated rings. The zero-order chi connectivity index (χ0) is 15.9. The van der Waals surface area contributed by atoms with Gasteiger partial charge in [-0.15, -0.1) is 11.3 Å². The van der Waals surface area contributed by atoms with Crippen molar-refractivity contribution in [1.82, 2.24) is 10.6 Å². The highest BCUT2D eigenvalue weighted by Crippen LogP contribution is 2.22. The molecule has 6 heteroatoms.